The first-order valence-corrected chi connectivity index (χ1v) is 3.39. The minimum Gasteiger partial charge on any atom is -0.464 e. The highest BCUT2D eigenvalue weighted by molar-refractivity contribution is 7.71. The van der Waals surface area contributed by atoms with Crippen molar-refractivity contribution in [1.29, 1.82) is 0 Å². The summed E-state index contributed by atoms with van der Waals surface area (Å²) in [6.45, 7) is 0. The van der Waals surface area contributed by atoms with Crippen LogP contribution in [0.5, 0.6) is 0 Å². The Labute approximate surface area is 53.5 Å². The first-order chi connectivity index (χ1) is 4.29. The van der Waals surface area contributed by atoms with Gasteiger partial charge in [0.25, 0.3) is 0 Å². The van der Waals surface area contributed by atoms with E-state index in [-0.39, 0.29) is 0 Å². The van der Waals surface area contributed by atoms with Crippen molar-refractivity contribution < 1.29 is 12.8 Å². The zero-order chi connectivity index (χ0) is 6.69. The fraction of sp³-hybridized carbons (Fsp3) is 0. The van der Waals surface area contributed by atoms with Gasteiger partial charge >= 0.3 is 0 Å². The zero-order valence-corrected chi connectivity index (χ0v) is 5.26. The Balaban J connectivity index is 3.07. The number of rotatable bonds is 1. The van der Waals surface area contributed by atoms with E-state index >= 15 is 0 Å². The van der Waals surface area contributed by atoms with Crippen molar-refractivity contribution in [1.82, 2.24) is 0 Å². The van der Waals surface area contributed by atoms with Gasteiger partial charge in [0.2, 0.25) is 10.3 Å². The SMILES string of the molecule is O=S(=O)=Cc1ccco1. The standard InChI is InChI=1S/C5H4O3S/c6-9(7)4-5-2-1-3-8-5/h1-4H. The van der Waals surface area contributed by atoms with Gasteiger partial charge in [-0.25, -0.2) is 0 Å². The van der Waals surface area contributed by atoms with Crippen LogP contribution in [-0.4, -0.2) is 13.8 Å². The van der Waals surface area contributed by atoms with Gasteiger partial charge in [0.05, 0.1) is 6.26 Å². The molecular weight excluding hydrogens is 140 g/mol. The molecule has 9 heavy (non-hydrogen) atoms. The monoisotopic (exact) mass is 144 g/mol. The van der Waals surface area contributed by atoms with Crippen LogP contribution in [0, 0.1) is 0 Å². The van der Waals surface area contributed by atoms with Crippen LogP contribution in [-0.2, 0) is 10.3 Å². The first-order valence-electron chi connectivity index (χ1n) is 2.25. The van der Waals surface area contributed by atoms with Gasteiger partial charge < -0.3 is 4.42 Å². The molecule has 0 N–H and O–H groups in total. The van der Waals surface area contributed by atoms with E-state index in [0.29, 0.717) is 5.76 Å². The molecule has 0 amide bonds. The van der Waals surface area contributed by atoms with Crippen molar-refractivity contribution in [2.24, 2.45) is 0 Å². The van der Waals surface area contributed by atoms with E-state index in [1.165, 1.54) is 6.26 Å². The smallest absolute Gasteiger partial charge is 0.217 e. The molecule has 0 aromatic carbocycles. The van der Waals surface area contributed by atoms with Gasteiger partial charge in [0.1, 0.15) is 11.1 Å². The van der Waals surface area contributed by atoms with Gasteiger partial charge in [-0.15, -0.1) is 0 Å². The third-order valence-corrected chi connectivity index (χ3v) is 1.18. The molecular formula is C5H4O3S. The van der Waals surface area contributed by atoms with E-state index in [0.717, 1.165) is 5.37 Å². The van der Waals surface area contributed by atoms with Crippen molar-refractivity contribution in [2.75, 3.05) is 0 Å². The summed E-state index contributed by atoms with van der Waals surface area (Å²) >= 11 is 0. The van der Waals surface area contributed by atoms with Crippen LogP contribution in [0.25, 0.3) is 0 Å². The number of hydrogen-bond acceptors (Lipinski definition) is 3. The number of hydrogen-bond donors (Lipinski definition) is 0. The third-order valence-electron chi connectivity index (χ3n) is 0.756. The second-order valence-corrected chi connectivity index (χ2v) is 2.15. The fourth-order valence-electron chi connectivity index (χ4n) is 0.453. The molecule has 0 aliphatic rings. The summed E-state index contributed by atoms with van der Waals surface area (Å²) in [5.41, 5.74) is 0. The lowest BCUT2D eigenvalue weighted by Crippen LogP contribution is -1.73. The van der Waals surface area contributed by atoms with Gasteiger partial charge in [0, 0.05) is 0 Å². The van der Waals surface area contributed by atoms with E-state index in [1.54, 1.807) is 12.1 Å². The van der Waals surface area contributed by atoms with E-state index in [9.17, 15) is 8.42 Å². The molecule has 0 spiro atoms. The van der Waals surface area contributed by atoms with E-state index in [4.69, 9.17) is 4.42 Å². The summed E-state index contributed by atoms with van der Waals surface area (Å²) in [7, 11) is -2.16. The molecule has 0 bridgehead atoms. The summed E-state index contributed by atoms with van der Waals surface area (Å²) in [5, 5.41) is 1.000. The predicted octanol–water partition coefficient (Wildman–Crippen LogP) is 0.309. The highest BCUT2D eigenvalue weighted by Gasteiger charge is 1.86. The molecule has 0 aliphatic carbocycles. The van der Waals surface area contributed by atoms with Crippen LogP contribution >= 0.6 is 0 Å². The van der Waals surface area contributed by atoms with Crippen LogP contribution in [0.1, 0.15) is 5.76 Å². The molecule has 4 heteroatoms. The maximum absolute atomic E-state index is 9.95. The maximum Gasteiger partial charge on any atom is 0.217 e. The van der Waals surface area contributed by atoms with Crippen molar-refractivity contribution in [3.63, 3.8) is 0 Å². The summed E-state index contributed by atoms with van der Waals surface area (Å²) < 4.78 is 24.6. The molecule has 0 saturated carbocycles. The molecule has 3 nitrogen and oxygen atoms in total. The molecule has 1 rings (SSSR count). The van der Waals surface area contributed by atoms with E-state index < -0.39 is 10.3 Å². The minimum atomic E-state index is -2.16. The Morgan fingerprint density at radius 3 is 2.78 bits per heavy atom. The predicted molar refractivity (Wildman–Crippen MR) is 32.8 cm³/mol. The molecule has 0 aliphatic heterocycles. The van der Waals surface area contributed by atoms with Gasteiger partial charge in [0.15, 0.2) is 0 Å². The molecule has 48 valence electrons. The lowest BCUT2D eigenvalue weighted by atomic mass is 10.5. The van der Waals surface area contributed by atoms with E-state index in [1.807, 2.05) is 0 Å². The summed E-state index contributed by atoms with van der Waals surface area (Å²) in [6.07, 6.45) is 1.42. The van der Waals surface area contributed by atoms with Crippen molar-refractivity contribution in [3.8, 4) is 0 Å². The number of furan rings is 1. The highest BCUT2D eigenvalue weighted by atomic mass is 32.2. The van der Waals surface area contributed by atoms with Crippen molar-refractivity contribution >= 4 is 15.7 Å². The summed E-state index contributed by atoms with van der Waals surface area (Å²) in [4.78, 5) is 0. The average molecular weight is 144 g/mol. The van der Waals surface area contributed by atoms with Gasteiger partial charge in [-0.3, -0.25) is 0 Å². The fourth-order valence-corrected chi connectivity index (χ4v) is 0.777. The van der Waals surface area contributed by atoms with Crippen LogP contribution < -0.4 is 0 Å². The summed E-state index contributed by atoms with van der Waals surface area (Å²) in [5.74, 6) is 0.350. The molecule has 1 heterocycles. The Bertz CT molecular complexity index is 285. The van der Waals surface area contributed by atoms with Gasteiger partial charge in [-0.2, -0.15) is 8.42 Å². The Hall–Kier alpha value is -1.03. The first kappa shape index (κ1) is 6.10. The van der Waals surface area contributed by atoms with Gasteiger partial charge in [-0.1, -0.05) is 0 Å². The second kappa shape index (κ2) is 2.50. The van der Waals surface area contributed by atoms with Crippen molar-refractivity contribution in [2.45, 2.75) is 0 Å². The average Bonchev–Trinajstić information content (AvgIpc) is 2.15. The topological polar surface area (TPSA) is 47.3 Å². The van der Waals surface area contributed by atoms with Crippen LogP contribution in [0.3, 0.4) is 0 Å². The molecule has 0 fully saturated rings. The quantitative estimate of drug-likeness (QED) is 0.533. The van der Waals surface area contributed by atoms with Gasteiger partial charge in [-0.05, 0) is 12.1 Å². The largest absolute Gasteiger partial charge is 0.464 e. The van der Waals surface area contributed by atoms with Crippen LogP contribution in [0.4, 0.5) is 0 Å². The maximum atomic E-state index is 9.95. The molecule has 0 saturated heterocycles. The lowest BCUT2D eigenvalue weighted by Gasteiger charge is -1.71. The van der Waals surface area contributed by atoms with Crippen molar-refractivity contribution in [3.05, 3.63) is 24.2 Å². The molecule has 0 unspecified atom stereocenters. The molecule has 1 aromatic heterocycles. The third kappa shape index (κ3) is 1.73. The highest BCUT2D eigenvalue weighted by Crippen LogP contribution is 1.93. The Morgan fingerprint density at radius 2 is 2.33 bits per heavy atom. The normalized spacial score (nSPS) is 8.89. The van der Waals surface area contributed by atoms with E-state index in [2.05, 4.69) is 0 Å². The summed E-state index contributed by atoms with van der Waals surface area (Å²) in [6, 6.07) is 3.19. The lowest BCUT2D eigenvalue weighted by molar-refractivity contribution is 0.561. The molecule has 0 radical (unpaired) electrons. The Kier molecular flexibility index (Phi) is 1.69. The molecule has 1 aromatic rings. The Morgan fingerprint density at radius 1 is 1.56 bits per heavy atom. The van der Waals surface area contributed by atoms with Crippen LogP contribution in [0.15, 0.2) is 22.8 Å². The van der Waals surface area contributed by atoms with Crippen LogP contribution in [0.2, 0.25) is 0 Å². The zero-order valence-electron chi connectivity index (χ0n) is 4.44. The minimum absolute atomic E-state index is 0.350. The second-order valence-electron chi connectivity index (χ2n) is 1.39. The molecule has 0 atom stereocenters.